The molecule has 0 spiro atoms. The van der Waals surface area contributed by atoms with E-state index in [0.29, 0.717) is 12.7 Å². The predicted molar refractivity (Wildman–Crippen MR) is 180 cm³/mol. The number of allylic oxidation sites excluding steroid dienone is 4. The van der Waals surface area contributed by atoms with Crippen molar-refractivity contribution in [2.75, 3.05) is 13.2 Å². The van der Waals surface area contributed by atoms with Crippen molar-refractivity contribution in [3.8, 4) is 0 Å². The molecule has 0 aliphatic heterocycles. The molecular formula is C34H57O15P. The van der Waals surface area contributed by atoms with E-state index in [0.717, 1.165) is 50.7 Å². The minimum Gasteiger partial charge on any atom is -0.462 e. The summed E-state index contributed by atoms with van der Waals surface area (Å²) in [7, 11) is -5.20. The number of aliphatic hydroxyl groups is 5. The Bertz CT molecular complexity index is 1080. The van der Waals surface area contributed by atoms with Crippen LogP contribution in [0.5, 0.6) is 0 Å². The Morgan fingerprint density at radius 3 is 1.82 bits per heavy atom. The SMILES string of the molecule is CCCCCCCC/C=C\CCCCCCCC(=O)OC[C@H](COP(=O)(O)OC1C(O)C(O)C(O)[C@@H](O)C1O)OC(=O)CCC(=O)/C=C/C=O. The van der Waals surface area contributed by atoms with Gasteiger partial charge in [-0.05, 0) is 44.3 Å². The molecular weight excluding hydrogens is 679 g/mol. The molecule has 8 atom stereocenters. The largest absolute Gasteiger partial charge is 0.472 e. The maximum absolute atomic E-state index is 12.6. The first-order valence-corrected chi connectivity index (χ1v) is 19.0. The number of esters is 2. The maximum atomic E-state index is 12.6. The first-order chi connectivity index (χ1) is 23.8. The second-order valence-corrected chi connectivity index (χ2v) is 13.8. The van der Waals surface area contributed by atoms with E-state index in [2.05, 4.69) is 19.1 Å². The molecule has 6 N–H and O–H groups in total. The second kappa shape index (κ2) is 26.4. The van der Waals surface area contributed by atoms with Crippen LogP contribution in [-0.2, 0) is 42.3 Å². The number of aliphatic hydroxyl groups excluding tert-OH is 5. The number of carbonyl (C=O) groups excluding carboxylic acids is 4. The van der Waals surface area contributed by atoms with Crippen molar-refractivity contribution in [2.45, 2.75) is 152 Å². The molecule has 0 heterocycles. The number of phosphoric ester groups is 1. The summed E-state index contributed by atoms with van der Waals surface area (Å²) >= 11 is 0. The normalized spacial score (nSPS) is 24.2. The maximum Gasteiger partial charge on any atom is 0.472 e. The van der Waals surface area contributed by atoms with E-state index in [1.54, 1.807) is 0 Å². The number of ether oxygens (including phenoxy) is 2. The molecule has 16 heteroatoms. The molecule has 15 nitrogen and oxygen atoms in total. The first kappa shape index (κ1) is 45.7. The van der Waals surface area contributed by atoms with Gasteiger partial charge in [0.2, 0.25) is 0 Å². The Hall–Kier alpha value is -2.33. The van der Waals surface area contributed by atoms with Crippen molar-refractivity contribution in [3.63, 3.8) is 0 Å². The molecule has 0 aromatic heterocycles. The summed E-state index contributed by atoms with van der Waals surface area (Å²) in [5, 5.41) is 49.5. The summed E-state index contributed by atoms with van der Waals surface area (Å²) in [5.41, 5.74) is 0. The van der Waals surface area contributed by atoms with E-state index in [9.17, 15) is 54.2 Å². The van der Waals surface area contributed by atoms with Gasteiger partial charge in [0.15, 0.2) is 11.9 Å². The Kier molecular flexibility index (Phi) is 24.2. The summed E-state index contributed by atoms with van der Waals surface area (Å²) in [6, 6.07) is 0. The molecule has 1 fully saturated rings. The van der Waals surface area contributed by atoms with Crippen LogP contribution in [0.15, 0.2) is 24.3 Å². The minimum atomic E-state index is -5.20. The summed E-state index contributed by atoms with van der Waals surface area (Å²) in [4.78, 5) is 57.0. The van der Waals surface area contributed by atoms with Crippen LogP contribution in [0.3, 0.4) is 0 Å². The van der Waals surface area contributed by atoms with Crippen LogP contribution in [-0.4, -0.2) is 110 Å². The van der Waals surface area contributed by atoms with Crippen molar-refractivity contribution in [3.05, 3.63) is 24.3 Å². The van der Waals surface area contributed by atoms with Crippen LogP contribution in [0.2, 0.25) is 0 Å². The van der Waals surface area contributed by atoms with Crippen LogP contribution in [0.4, 0.5) is 0 Å². The molecule has 0 aromatic carbocycles. The van der Waals surface area contributed by atoms with Gasteiger partial charge in [-0.3, -0.25) is 28.2 Å². The van der Waals surface area contributed by atoms with Crippen LogP contribution < -0.4 is 0 Å². The van der Waals surface area contributed by atoms with Gasteiger partial charge in [-0.25, -0.2) is 4.57 Å². The third-order valence-electron chi connectivity index (χ3n) is 8.06. The number of hydrogen-bond donors (Lipinski definition) is 6. The highest BCUT2D eigenvalue weighted by Crippen LogP contribution is 2.47. The molecule has 288 valence electrons. The molecule has 1 rings (SSSR count). The standard InChI is InChI=1S/C34H57O15P/c1-2-3-4-5-6-7-8-9-10-11-12-13-14-15-16-19-27(37)46-23-26(48-28(38)21-20-25(36)18-17-22-35)24-47-50(44,45)49-34-32(42)30(40)29(39)31(41)33(34)43/h9-10,17-18,22,26,29-34,39-43H,2-8,11-16,19-21,23-24H2,1H3,(H,44,45)/b10-9-,18-17+/t26-,29?,30-,31?,32?,33?,34?/m1/s1. The van der Waals surface area contributed by atoms with Crippen LogP contribution in [0, 0.1) is 0 Å². The van der Waals surface area contributed by atoms with Crippen molar-refractivity contribution in [1.82, 2.24) is 0 Å². The minimum absolute atomic E-state index is 0.0762. The van der Waals surface area contributed by atoms with Crippen molar-refractivity contribution >= 4 is 31.8 Å². The van der Waals surface area contributed by atoms with E-state index >= 15 is 0 Å². The van der Waals surface area contributed by atoms with Gasteiger partial charge in [-0.1, -0.05) is 70.4 Å². The Morgan fingerprint density at radius 2 is 1.24 bits per heavy atom. The van der Waals surface area contributed by atoms with Crippen LogP contribution in [0.1, 0.15) is 110 Å². The molecule has 0 radical (unpaired) electrons. The van der Waals surface area contributed by atoms with Gasteiger partial charge in [0.1, 0.15) is 49.5 Å². The van der Waals surface area contributed by atoms with Crippen molar-refractivity contribution in [1.29, 1.82) is 0 Å². The van der Waals surface area contributed by atoms with E-state index in [1.165, 1.54) is 38.5 Å². The van der Waals surface area contributed by atoms with Gasteiger partial charge in [0, 0.05) is 12.8 Å². The molecule has 1 aliphatic rings. The zero-order valence-corrected chi connectivity index (χ0v) is 29.9. The monoisotopic (exact) mass is 736 g/mol. The lowest BCUT2D eigenvalue weighted by molar-refractivity contribution is -0.220. The Labute approximate surface area is 294 Å². The first-order valence-electron chi connectivity index (χ1n) is 17.5. The lowest BCUT2D eigenvalue weighted by Crippen LogP contribution is -2.64. The van der Waals surface area contributed by atoms with Gasteiger partial charge in [0.25, 0.3) is 0 Å². The quantitative estimate of drug-likeness (QED) is 0.0169. The molecule has 0 aromatic rings. The number of rotatable bonds is 28. The highest BCUT2D eigenvalue weighted by Gasteiger charge is 2.51. The Balaban J connectivity index is 2.53. The molecule has 1 saturated carbocycles. The topological polar surface area (TPSA) is 244 Å². The van der Waals surface area contributed by atoms with E-state index in [-0.39, 0.29) is 12.8 Å². The van der Waals surface area contributed by atoms with Gasteiger partial charge in [-0.15, -0.1) is 0 Å². The fraction of sp³-hybridized carbons (Fsp3) is 0.765. The number of unbranched alkanes of at least 4 members (excludes halogenated alkanes) is 11. The third kappa shape index (κ3) is 19.9. The zero-order chi connectivity index (χ0) is 37.4. The molecule has 1 aliphatic carbocycles. The average Bonchev–Trinajstić information content (AvgIpc) is 3.09. The van der Waals surface area contributed by atoms with E-state index in [1.807, 2.05) is 0 Å². The fourth-order valence-electron chi connectivity index (χ4n) is 5.10. The van der Waals surface area contributed by atoms with Gasteiger partial charge in [-0.2, -0.15) is 0 Å². The number of phosphoric acid groups is 1. The van der Waals surface area contributed by atoms with Crippen LogP contribution >= 0.6 is 7.82 Å². The molecule has 50 heavy (non-hydrogen) atoms. The number of hydrogen-bond acceptors (Lipinski definition) is 14. The molecule has 6 unspecified atom stereocenters. The van der Waals surface area contributed by atoms with Crippen molar-refractivity contribution in [2.24, 2.45) is 0 Å². The molecule has 0 bridgehead atoms. The molecule has 0 saturated heterocycles. The predicted octanol–water partition coefficient (Wildman–Crippen LogP) is 2.90. The number of carbonyl (C=O) groups is 4. The number of aldehydes is 1. The fourth-order valence-corrected chi connectivity index (χ4v) is 6.07. The summed E-state index contributed by atoms with van der Waals surface area (Å²) in [6.07, 6.45) is 6.59. The number of ketones is 1. The summed E-state index contributed by atoms with van der Waals surface area (Å²) < 4.78 is 32.6. The smallest absolute Gasteiger partial charge is 0.462 e. The lowest BCUT2D eigenvalue weighted by Gasteiger charge is -2.41. The van der Waals surface area contributed by atoms with E-state index < -0.39 is 87.9 Å². The lowest BCUT2D eigenvalue weighted by atomic mass is 9.85. The average molecular weight is 737 g/mol. The highest BCUT2D eigenvalue weighted by atomic mass is 31.2. The Morgan fingerprint density at radius 1 is 0.700 bits per heavy atom. The summed E-state index contributed by atoms with van der Waals surface area (Å²) in [5.74, 6) is -2.11. The van der Waals surface area contributed by atoms with Gasteiger partial charge in [0.05, 0.1) is 13.0 Å². The molecule has 0 amide bonds. The zero-order valence-electron chi connectivity index (χ0n) is 29.0. The highest BCUT2D eigenvalue weighted by molar-refractivity contribution is 7.47. The van der Waals surface area contributed by atoms with Crippen LogP contribution in [0.25, 0.3) is 0 Å². The summed E-state index contributed by atoms with van der Waals surface area (Å²) in [6.45, 7) is 0.738. The van der Waals surface area contributed by atoms with Crippen molar-refractivity contribution < 1.29 is 72.7 Å². The van der Waals surface area contributed by atoms with Gasteiger partial charge >= 0.3 is 19.8 Å². The van der Waals surface area contributed by atoms with Gasteiger partial charge < -0.3 is 39.9 Å². The van der Waals surface area contributed by atoms with E-state index in [4.69, 9.17) is 18.5 Å². The second-order valence-electron chi connectivity index (χ2n) is 12.4. The third-order valence-corrected chi connectivity index (χ3v) is 9.04.